The summed E-state index contributed by atoms with van der Waals surface area (Å²) in [7, 11) is -3.77. The Bertz CT molecular complexity index is 1180. The number of unbranched alkanes of at least 4 members (excludes halogenated alkanes) is 1. The molecule has 0 bridgehead atoms. The quantitative estimate of drug-likeness (QED) is 0.619. The van der Waals surface area contributed by atoms with Gasteiger partial charge in [-0.2, -0.15) is 0 Å². The van der Waals surface area contributed by atoms with Crippen LogP contribution in [-0.2, 0) is 10.0 Å². The molecule has 2 N–H and O–H groups in total. The topological polar surface area (TPSA) is 113 Å². The van der Waals surface area contributed by atoms with Crippen molar-refractivity contribution in [3.05, 3.63) is 59.2 Å². The van der Waals surface area contributed by atoms with Gasteiger partial charge in [0, 0.05) is 23.3 Å². The predicted molar refractivity (Wildman–Crippen MR) is 121 cm³/mol. The molecule has 0 unspecified atom stereocenters. The molecule has 3 rings (SSSR count). The Kier molecular flexibility index (Phi) is 6.52. The van der Waals surface area contributed by atoms with Crippen LogP contribution in [-0.4, -0.2) is 43.1 Å². The van der Waals surface area contributed by atoms with Crippen molar-refractivity contribution in [3.63, 3.8) is 0 Å². The number of rotatable bonds is 7. The van der Waals surface area contributed by atoms with Crippen molar-refractivity contribution in [2.45, 2.75) is 51.0 Å². The molecule has 170 valence electrons. The van der Waals surface area contributed by atoms with Gasteiger partial charge in [-0.25, -0.2) is 13.1 Å². The van der Waals surface area contributed by atoms with E-state index in [0.29, 0.717) is 18.7 Å². The van der Waals surface area contributed by atoms with E-state index in [1.54, 1.807) is 26.8 Å². The van der Waals surface area contributed by atoms with Crippen LogP contribution in [0.4, 0.5) is 5.69 Å². The Morgan fingerprint density at radius 3 is 2.34 bits per heavy atom. The minimum absolute atomic E-state index is 0.0199. The van der Waals surface area contributed by atoms with Gasteiger partial charge in [-0.15, -0.1) is 0 Å². The Labute approximate surface area is 188 Å². The van der Waals surface area contributed by atoms with Crippen molar-refractivity contribution in [1.82, 2.24) is 9.62 Å². The second kappa shape index (κ2) is 8.84. The van der Waals surface area contributed by atoms with E-state index in [4.69, 9.17) is 0 Å². The van der Waals surface area contributed by atoms with Crippen LogP contribution in [0.15, 0.2) is 47.4 Å². The van der Waals surface area contributed by atoms with Crippen LogP contribution in [0.5, 0.6) is 0 Å². The van der Waals surface area contributed by atoms with Crippen molar-refractivity contribution >= 4 is 33.4 Å². The summed E-state index contributed by atoms with van der Waals surface area (Å²) in [6.45, 7) is 7.52. The van der Waals surface area contributed by atoms with Crippen molar-refractivity contribution in [2.24, 2.45) is 0 Å². The predicted octanol–water partition coefficient (Wildman–Crippen LogP) is 3.41. The first-order chi connectivity index (χ1) is 14.9. The van der Waals surface area contributed by atoms with Crippen molar-refractivity contribution in [2.75, 3.05) is 11.9 Å². The van der Waals surface area contributed by atoms with Gasteiger partial charge in [0.15, 0.2) is 0 Å². The Morgan fingerprint density at radius 1 is 1.00 bits per heavy atom. The number of sulfonamides is 1. The summed E-state index contributed by atoms with van der Waals surface area (Å²) < 4.78 is 27.7. The zero-order valence-corrected chi connectivity index (χ0v) is 19.4. The van der Waals surface area contributed by atoms with Crippen LogP contribution in [0.25, 0.3) is 0 Å². The lowest BCUT2D eigenvalue weighted by Gasteiger charge is -2.20. The molecule has 0 saturated carbocycles. The number of imide groups is 1. The first-order valence-corrected chi connectivity index (χ1v) is 11.9. The molecule has 2 aromatic carbocycles. The summed E-state index contributed by atoms with van der Waals surface area (Å²) in [6.07, 6.45) is 1.56. The fraction of sp³-hybridized carbons (Fsp3) is 0.348. The molecule has 1 heterocycles. The molecule has 1 aliphatic heterocycles. The van der Waals surface area contributed by atoms with Gasteiger partial charge >= 0.3 is 0 Å². The lowest BCUT2D eigenvalue weighted by molar-refractivity contribution is 0.0652. The third-order valence-electron chi connectivity index (χ3n) is 4.81. The molecule has 0 fully saturated rings. The smallest absolute Gasteiger partial charge is 0.261 e. The Hall–Kier alpha value is -3.04. The standard InChI is InChI=1S/C23H27N3O5S/c1-5-6-12-26-21(28)18-11-10-15(13-19(18)22(26)29)20(27)24-16-8-7-9-17(14-16)32(30,31)25-23(2,3)4/h7-11,13-14,25H,5-6,12H2,1-4H3,(H,24,27). The highest BCUT2D eigenvalue weighted by molar-refractivity contribution is 7.89. The molecule has 8 nitrogen and oxygen atoms in total. The highest BCUT2D eigenvalue weighted by atomic mass is 32.2. The highest BCUT2D eigenvalue weighted by Gasteiger charge is 2.35. The van der Waals surface area contributed by atoms with Crippen molar-refractivity contribution in [1.29, 1.82) is 0 Å². The lowest BCUT2D eigenvalue weighted by atomic mass is 10.1. The van der Waals surface area contributed by atoms with E-state index in [1.165, 1.54) is 41.3 Å². The minimum Gasteiger partial charge on any atom is -0.322 e. The molecular formula is C23H27N3O5S. The maximum absolute atomic E-state index is 12.8. The van der Waals surface area contributed by atoms with Gasteiger partial charge in [0.05, 0.1) is 16.0 Å². The maximum atomic E-state index is 12.8. The van der Waals surface area contributed by atoms with Gasteiger partial charge in [0.2, 0.25) is 10.0 Å². The lowest BCUT2D eigenvalue weighted by Crippen LogP contribution is -2.40. The van der Waals surface area contributed by atoms with Gasteiger partial charge in [-0.3, -0.25) is 19.3 Å². The molecule has 0 radical (unpaired) electrons. The molecule has 0 saturated heterocycles. The molecule has 32 heavy (non-hydrogen) atoms. The Balaban J connectivity index is 1.81. The summed E-state index contributed by atoms with van der Waals surface area (Å²) in [5, 5.41) is 2.66. The summed E-state index contributed by atoms with van der Waals surface area (Å²) in [4.78, 5) is 39.1. The SMILES string of the molecule is CCCCN1C(=O)c2ccc(C(=O)Nc3cccc(S(=O)(=O)NC(C)(C)C)c3)cc2C1=O. The molecule has 0 atom stereocenters. The zero-order valence-electron chi connectivity index (χ0n) is 18.6. The monoisotopic (exact) mass is 457 g/mol. The number of hydrogen-bond acceptors (Lipinski definition) is 5. The average molecular weight is 458 g/mol. The van der Waals surface area contributed by atoms with Crippen LogP contribution in [0, 0.1) is 0 Å². The van der Waals surface area contributed by atoms with E-state index in [1.807, 2.05) is 6.92 Å². The number of carbonyl (C=O) groups is 3. The van der Waals surface area contributed by atoms with Gasteiger partial charge in [0.1, 0.15) is 0 Å². The number of nitrogens with one attached hydrogen (secondary N) is 2. The van der Waals surface area contributed by atoms with Crippen LogP contribution in [0.1, 0.15) is 71.6 Å². The first kappa shape index (κ1) is 23.6. The van der Waals surface area contributed by atoms with Crippen molar-refractivity contribution in [3.8, 4) is 0 Å². The van der Waals surface area contributed by atoms with Crippen LogP contribution >= 0.6 is 0 Å². The fourth-order valence-corrected chi connectivity index (χ4v) is 4.82. The number of nitrogens with zero attached hydrogens (tertiary/aromatic N) is 1. The van der Waals surface area contributed by atoms with E-state index in [-0.39, 0.29) is 27.5 Å². The van der Waals surface area contributed by atoms with E-state index in [9.17, 15) is 22.8 Å². The number of anilines is 1. The summed E-state index contributed by atoms with van der Waals surface area (Å²) in [5.41, 5.74) is 0.313. The minimum atomic E-state index is -3.77. The molecule has 3 amide bonds. The molecule has 0 aliphatic carbocycles. The van der Waals surface area contributed by atoms with Crippen LogP contribution in [0.2, 0.25) is 0 Å². The van der Waals surface area contributed by atoms with E-state index in [2.05, 4.69) is 10.0 Å². The molecule has 0 spiro atoms. The number of amides is 3. The maximum Gasteiger partial charge on any atom is 0.261 e. The molecule has 9 heteroatoms. The van der Waals surface area contributed by atoms with Crippen LogP contribution < -0.4 is 10.0 Å². The summed E-state index contributed by atoms with van der Waals surface area (Å²) >= 11 is 0. The largest absolute Gasteiger partial charge is 0.322 e. The van der Waals surface area contributed by atoms with Gasteiger partial charge < -0.3 is 5.32 Å². The third-order valence-corrected chi connectivity index (χ3v) is 6.57. The van der Waals surface area contributed by atoms with Crippen molar-refractivity contribution < 1.29 is 22.8 Å². The van der Waals surface area contributed by atoms with Crippen LogP contribution in [0.3, 0.4) is 0 Å². The van der Waals surface area contributed by atoms with Gasteiger partial charge in [-0.1, -0.05) is 19.4 Å². The number of hydrogen-bond donors (Lipinski definition) is 2. The molecule has 2 aromatic rings. The third kappa shape index (κ3) is 5.05. The van der Waals surface area contributed by atoms with Gasteiger partial charge in [0.25, 0.3) is 17.7 Å². The summed E-state index contributed by atoms with van der Waals surface area (Å²) in [6, 6.07) is 10.3. The van der Waals surface area contributed by atoms with E-state index in [0.717, 1.165) is 6.42 Å². The number of fused-ring (bicyclic) bond motifs is 1. The van der Waals surface area contributed by atoms with Gasteiger partial charge in [-0.05, 0) is 63.6 Å². The Morgan fingerprint density at radius 2 is 1.69 bits per heavy atom. The van der Waals surface area contributed by atoms with E-state index >= 15 is 0 Å². The van der Waals surface area contributed by atoms with E-state index < -0.39 is 27.4 Å². The first-order valence-electron chi connectivity index (χ1n) is 10.4. The second-order valence-electron chi connectivity index (χ2n) is 8.71. The summed E-state index contributed by atoms with van der Waals surface area (Å²) in [5.74, 6) is -1.28. The number of carbonyl (C=O) groups excluding carboxylic acids is 3. The normalized spacial score (nSPS) is 13.9. The number of benzene rings is 2. The highest BCUT2D eigenvalue weighted by Crippen LogP contribution is 2.25. The second-order valence-corrected chi connectivity index (χ2v) is 10.4. The molecular weight excluding hydrogens is 430 g/mol. The molecule has 0 aromatic heterocycles. The average Bonchev–Trinajstić information content (AvgIpc) is 2.94. The zero-order chi connectivity index (χ0) is 23.7. The molecule has 1 aliphatic rings. The fourth-order valence-electron chi connectivity index (χ4n) is 3.36.